The highest BCUT2D eigenvalue weighted by atomic mass is 14.9. The second-order valence-corrected chi connectivity index (χ2v) is 7.31. The summed E-state index contributed by atoms with van der Waals surface area (Å²) in [5.41, 5.74) is 6.39. The molecule has 0 bridgehead atoms. The maximum atomic E-state index is 10.2. The van der Waals surface area contributed by atoms with Gasteiger partial charge >= 0.3 is 0 Å². The maximum absolute atomic E-state index is 10.2. The first-order chi connectivity index (χ1) is 15.7. The van der Waals surface area contributed by atoms with Crippen LogP contribution in [0.25, 0.3) is 16.8 Å². The van der Waals surface area contributed by atoms with Crippen LogP contribution in [0.1, 0.15) is 22.3 Å². The van der Waals surface area contributed by atoms with Crippen molar-refractivity contribution in [3.63, 3.8) is 0 Å². The van der Waals surface area contributed by atoms with Gasteiger partial charge in [-0.05, 0) is 23.6 Å². The van der Waals surface area contributed by atoms with E-state index in [-0.39, 0.29) is 16.8 Å². The molecular formula is C28H18N4. The summed E-state index contributed by atoms with van der Waals surface area (Å²) in [7, 11) is 0. The number of nitrogens with zero attached hydrogens (tertiary/aromatic N) is 3. The van der Waals surface area contributed by atoms with Crippen LogP contribution in [0.15, 0.2) is 102 Å². The molecule has 1 aliphatic heterocycles. The van der Waals surface area contributed by atoms with Crippen molar-refractivity contribution in [2.45, 2.75) is 6.92 Å². The summed E-state index contributed by atoms with van der Waals surface area (Å²) in [4.78, 5) is 0. The molecule has 4 nitrogen and oxygen atoms in total. The monoisotopic (exact) mass is 410 g/mol. The van der Waals surface area contributed by atoms with Crippen molar-refractivity contribution in [3.05, 3.63) is 124 Å². The lowest BCUT2D eigenvalue weighted by molar-refractivity contribution is 1.08. The van der Waals surface area contributed by atoms with Crippen LogP contribution in [-0.2, 0) is 0 Å². The number of nitriles is 3. The molecule has 0 saturated heterocycles. The highest BCUT2D eigenvalue weighted by Gasteiger charge is 2.30. The van der Waals surface area contributed by atoms with Gasteiger partial charge < -0.3 is 5.32 Å². The number of aryl methyl sites for hydroxylation is 1. The van der Waals surface area contributed by atoms with Gasteiger partial charge in [0.05, 0.1) is 17.0 Å². The van der Waals surface area contributed by atoms with Gasteiger partial charge in [0.1, 0.15) is 18.2 Å². The van der Waals surface area contributed by atoms with Gasteiger partial charge in [-0.15, -0.1) is 0 Å². The topological polar surface area (TPSA) is 83.4 Å². The fourth-order valence-electron chi connectivity index (χ4n) is 3.78. The van der Waals surface area contributed by atoms with E-state index in [2.05, 4.69) is 11.4 Å². The second-order valence-electron chi connectivity index (χ2n) is 7.31. The van der Waals surface area contributed by atoms with E-state index in [1.807, 2.05) is 104 Å². The van der Waals surface area contributed by atoms with Crippen molar-refractivity contribution in [3.8, 4) is 18.2 Å². The first-order valence-electron chi connectivity index (χ1n) is 10.1. The lowest BCUT2D eigenvalue weighted by Gasteiger charge is -2.28. The normalized spacial score (nSPS) is 13.0. The molecule has 1 heterocycles. The third kappa shape index (κ3) is 3.68. The van der Waals surface area contributed by atoms with Crippen molar-refractivity contribution in [1.29, 1.82) is 15.8 Å². The van der Waals surface area contributed by atoms with Crippen molar-refractivity contribution in [2.75, 3.05) is 0 Å². The first kappa shape index (κ1) is 20.4. The van der Waals surface area contributed by atoms with E-state index in [0.29, 0.717) is 5.57 Å². The van der Waals surface area contributed by atoms with Gasteiger partial charge in [-0.2, -0.15) is 15.8 Å². The number of hydrogen-bond donors (Lipinski definition) is 1. The highest BCUT2D eigenvalue weighted by molar-refractivity contribution is 6.18. The van der Waals surface area contributed by atoms with Gasteiger partial charge in [-0.25, -0.2) is 0 Å². The van der Waals surface area contributed by atoms with Gasteiger partial charge in [-0.1, -0.05) is 90.5 Å². The summed E-state index contributed by atoms with van der Waals surface area (Å²) in [6.07, 6.45) is 0. The summed E-state index contributed by atoms with van der Waals surface area (Å²) in [5, 5.41) is 32.7. The van der Waals surface area contributed by atoms with Crippen LogP contribution in [0.4, 0.5) is 0 Å². The minimum Gasteiger partial charge on any atom is -0.352 e. The third-order valence-electron chi connectivity index (χ3n) is 5.30. The molecule has 0 radical (unpaired) electrons. The van der Waals surface area contributed by atoms with Gasteiger partial charge in [-0.3, -0.25) is 0 Å². The summed E-state index contributed by atoms with van der Waals surface area (Å²) < 4.78 is 0. The van der Waals surface area contributed by atoms with E-state index in [1.165, 1.54) is 0 Å². The molecule has 3 aromatic carbocycles. The number of allylic oxidation sites excluding steroid dienone is 4. The Kier molecular flexibility index (Phi) is 5.67. The number of nitrogens with one attached hydrogen (secondary N) is 1. The SMILES string of the molecule is Cc1ccc(C2=C(C#N)C(=C(C#N)C#N)NC(c3ccccc3)=C2c2ccccc2)cc1. The fourth-order valence-corrected chi connectivity index (χ4v) is 3.78. The van der Waals surface area contributed by atoms with Gasteiger partial charge in [0.15, 0.2) is 5.57 Å². The number of hydrogen-bond acceptors (Lipinski definition) is 4. The van der Waals surface area contributed by atoms with E-state index in [4.69, 9.17) is 0 Å². The van der Waals surface area contributed by atoms with Crippen LogP contribution in [0.5, 0.6) is 0 Å². The third-order valence-corrected chi connectivity index (χ3v) is 5.30. The molecule has 4 rings (SSSR count). The summed E-state index contributed by atoms with van der Waals surface area (Å²) in [5.74, 6) is 0. The molecule has 32 heavy (non-hydrogen) atoms. The zero-order valence-electron chi connectivity index (χ0n) is 17.4. The highest BCUT2D eigenvalue weighted by Crippen LogP contribution is 2.44. The van der Waals surface area contributed by atoms with Gasteiger partial charge in [0.25, 0.3) is 0 Å². The molecule has 0 unspecified atom stereocenters. The Morgan fingerprint density at radius 2 is 1.19 bits per heavy atom. The molecule has 150 valence electrons. The standard InChI is InChI=1S/C28H18N4/c1-19-12-14-21(15-13-19)25-24(18-31)27(23(16-29)17-30)32-28(22-10-6-3-7-11-22)26(25)20-8-4-2-5-9-20/h2-15,32H,1H3. The molecule has 0 amide bonds. The first-order valence-corrected chi connectivity index (χ1v) is 10.1. The van der Waals surface area contributed by atoms with E-state index in [0.717, 1.165) is 33.5 Å². The molecular weight excluding hydrogens is 392 g/mol. The fraction of sp³-hybridized carbons (Fsp3) is 0.0357. The summed E-state index contributed by atoms with van der Waals surface area (Å²) in [6.45, 7) is 2.00. The Balaban J connectivity index is 2.18. The molecule has 3 aromatic rings. The Bertz CT molecular complexity index is 1370. The average molecular weight is 410 g/mol. The van der Waals surface area contributed by atoms with Crippen molar-refractivity contribution < 1.29 is 0 Å². The predicted molar refractivity (Wildman–Crippen MR) is 125 cm³/mol. The molecule has 0 aromatic heterocycles. The van der Waals surface area contributed by atoms with E-state index in [1.54, 1.807) is 0 Å². The van der Waals surface area contributed by atoms with Crippen LogP contribution in [0, 0.1) is 40.9 Å². The van der Waals surface area contributed by atoms with E-state index < -0.39 is 0 Å². The Hall–Kier alpha value is -4.85. The number of benzene rings is 3. The molecule has 1 N–H and O–H groups in total. The molecule has 0 saturated carbocycles. The maximum Gasteiger partial charge on any atom is 0.154 e. The minimum absolute atomic E-state index is 0.133. The van der Waals surface area contributed by atoms with Crippen molar-refractivity contribution in [2.24, 2.45) is 0 Å². The Morgan fingerprint density at radius 3 is 1.72 bits per heavy atom. The van der Waals surface area contributed by atoms with Crippen LogP contribution in [0.2, 0.25) is 0 Å². The molecule has 0 spiro atoms. The van der Waals surface area contributed by atoms with E-state index >= 15 is 0 Å². The van der Waals surface area contributed by atoms with Crippen molar-refractivity contribution >= 4 is 16.8 Å². The minimum atomic E-state index is -0.133. The zero-order valence-corrected chi connectivity index (χ0v) is 17.4. The summed E-state index contributed by atoms with van der Waals surface area (Å²) in [6, 6.07) is 33.6. The number of rotatable bonds is 3. The van der Waals surface area contributed by atoms with Gasteiger partial charge in [0.2, 0.25) is 0 Å². The lowest BCUT2D eigenvalue weighted by atomic mass is 9.82. The average Bonchev–Trinajstić information content (AvgIpc) is 2.85. The molecule has 1 aliphatic rings. The Labute approximate surface area is 187 Å². The zero-order chi connectivity index (χ0) is 22.5. The molecule has 4 heteroatoms. The molecule has 0 aliphatic carbocycles. The van der Waals surface area contributed by atoms with Crippen LogP contribution < -0.4 is 5.32 Å². The predicted octanol–water partition coefficient (Wildman–Crippen LogP) is 5.75. The van der Waals surface area contributed by atoms with Crippen LogP contribution in [-0.4, -0.2) is 0 Å². The quantitative estimate of drug-likeness (QED) is 0.558. The van der Waals surface area contributed by atoms with Crippen LogP contribution in [0.3, 0.4) is 0 Å². The Morgan fingerprint density at radius 1 is 0.656 bits per heavy atom. The second kappa shape index (κ2) is 8.88. The van der Waals surface area contributed by atoms with Crippen LogP contribution >= 0.6 is 0 Å². The lowest BCUT2D eigenvalue weighted by Crippen LogP contribution is -2.22. The number of dihydropyridines is 1. The summed E-state index contributed by atoms with van der Waals surface area (Å²) >= 11 is 0. The largest absolute Gasteiger partial charge is 0.352 e. The van der Waals surface area contributed by atoms with Gasteiger partial charge in [0, 0.05) is 11.1 Å². The van der Waals surface area contributed by atoms with Crippen molar-refractivity contribution in [1.82, 2.24) is 5.32 Å². The molecule has 0 atom stereocenters. The molecule has 0 fully saturated rings. The smallest absolute Gasteiger partial charge is 0.154 e. The van der Waals surface area contributed by atoms with E-state index in [9.17, 15) is 15.8 Å².